The fourth-order valence-corrected chi connectivity index (χ4v) is 2.68. The Morgan fingerprint density at radius 2 is 1.15 bits per heavy atom. The van der Waals surface area contributed by atoms with Crippen molar-refractivity contribution in [3.05, 3.63) is 70.3 Å². The highest BCUT2D eigenvalue weighted by molar-refractivity contribution is 5.31. The van der Waals surface area contributed by atoms with Crippen molar-refractivity contribution >= 4 is 0 Å². The van der Waals surface area contributed by atoms with Crippen molar-refractivity contribution in [1.82, 2.24) is 5.32 Å². The van der Waals surface area contributed by atoms with Crippen LogP contribution in [0.3, 0.4) is 0 Å². The molecule has 2 atom stereocenters. The number of aryl methyl sites for hydroxylation is 3. The van der Waals surface area contributed by atoms with Gasteiger partial charge in [-0.25, -0.2) is 0 Å². The fraction of sp³-hybridized carbons (Fsp3) is 0.368. The van der Waals surface area contributed by atoms with Crippen LogP contribution in [-0.2, 0) is 0 Å². The van der Waals surface area contributed by atoms with E-state index in [4.69, 9.17) is 0 Å². The quantitative estimate of drug-likeness (QED) is 0.819. The highest BCUT2D eigenvalue weighted by atomic mass is 14.9. The third kappa shape index (κ3) is 3.71. The van der Waals surface area contributed by atoms with E-state index in [-0.39, 0.29) is 0 Å². The Balaban J connectivity index is 2.10. The normalized spacial score (nSPS) is 14.1. The van der Waals surface area contributed by atoms with Crippen LogP contribution < -0.4 is 5.32 Å². The maximum atomic E-state index is 3.69. The Kier molecular flexibility index (Phi) is 4.61. The summed E-state index contributed by atoms with van der Waals surface area (Å²) in [7, 11) is 0. The predicted molar refractivity (Wildman–Crippen MR) is 87.1 cm³/mol. The van der Waals surface area contributed by atoms with Crippen LogP contribution in [0.1, 0.15) is 53.7 Å². The molecule has 0 radical (unpaired) electrons. The van der Waals surface area contributed by atoms with Gasteiger partial charge in [-0.3, -0.25) is 0 Å². The first-order valence-corrected chi connectivity index (χ1v) is 7.36. The van der Waals surface area contributed by atoms with Crippen LogP contribution in [-0.4, -0.2) is 0 Å². The Hall–Kier alpha value is -1.60. The number of benzene rings is 2. The molecule has 0 fully saturated rings. The molecule has 2 rings (SSSR count). The van der Waals surface area contributed by atoms with Gasteiger partial charge >= 0.3 is 0 Å². The van der Waals surface area contributed by atoms with E-state index in [1.54, 1.807) is 0 Å². The molecule has 0 saturated heterocycles. The van der Waals surface area contributed by atoms with Crippen molar-refractivity contribution in [3.63, 3.8) is 0 Å². The lowest BCUT2D eigenvalue weighted by atomic mass is 10.0. The van der Waals surface area contributed by atoms with Gasteiger partial charge in [-0.1, -0.05) is 59.2 Å². The van der Waals surface area contributed by atoms with Crippen LogP contribution in [0.5, 0.6) is 0 Å². The van der Waals surface area contributed by atoms with Gasteiger partial charge in [-0.15, -0.1) is 0 Å². The van der Waals surface area contributed by atoms with Crippen LogP contribution >= 0.6 is 0 Å². The molecule has 0 aliphatic carbocycles. The van der Waals surface area contributed by atoms with Gasteiger partial charge in [0.15, 0.2) is 0 Å². The van der Waals surface area contributed by atoms with Gasteiger partial charge in [-0.2, -0.15) is 0 Å². The number of hydrogen-bond acceptors (Lipinski definition) is 1. The molecule has 0 heterocycles. The van der Waals surface area contributed by atoms with E-state index in [2.05, 4.69) is 82.4 Å². The van der Waals surface area contributed by atoms with E-state index in [9.17, 15) is 0 Å². The van der Waals surface area contributed by atoms with Crippen LogP contribution in [0, 0.1) is 20.8 Å². The second-order valence-corrected chi connectivity index (χ2v) is 5.94. The SMILES string of the molecule is Cc1ccc(C(C)NC(C)c2cc(C)cc(C)c2)cc1. The highest BCUT2D eigenvalue weighted by Gasteiger charge is 2.11. The second-order valence-electron chi connectivity index (χ2n) is 5.94. The summed E-state index contributed by atoms with van der Waals surface area (Å²) in [6, 6.07) is 16.2. The molecular formula is C19H25N. The minimum Gasteiger partial charge on any atom is -0.304 e. The van der Waals surface area contributed by atoms with Crippen LogP contribution in [0.2, 0.25) is 0 Å². The lowest BCUT2D eigenvalue weighted by molar-refractivity contribution is 0.494. The first-order valence-electron chi connectivity index (χ1n) is 7.36. The predicted octanol–water partition coefficient (Wildman–Crippen LogP) is 5.02. The Morgan fingerprint density at radius 3 is 1.70 bits per heavy atom. The largest absolute Gasteiger partial charge is 0.304 e. The zero-order valence-corrected chi connectivity index (χ0v) is 13.2. The van der Waals surface area contributed by atoms with E-state index < -0.39 is 0 Å². The summed E-state index contributed by atoms with van der Waals surface area (Å²) in [5.74, 6) is 0. The van der Waals surface area contributed by atoms with Gasteiger partial charge in [0, 0.05) is 12.1 Å². The van der Waals surface area contributed by atoms with Crippen molar-refractivity contribution in [3.8, 4) is 0 Å². The lowest BCUT2D eigenvalue weighted by Crippen LogP contribution is -2.22. The van der Waals surface area contributed by atoms with Gasteiger partial charge in [0.1, 0.15) is 0 Å². The van der Waals surface area contributed by atoms with Crippen LogP contribution in [0.4, 0.5) is 0 Å². The van der Waals surface area contributed by atoms with Gasteiger partial charge in [0.2, 0.25) is 0 Å². The Labute approximate surface area is 123 Å². The molecule has 2 aromatic rings. The van der Waals surface area contributed by atoms with Crippen molar-refractivity contribution in [2.75, 3.05) is 0 Å². The van der Waals surface area contributed by atoms with Gasteiger partial charge in [0.05, 0.1) is 0 Å². The highest BCUT2D eigenvalue weighted by Crippen LogP contribution is 2.21. The van der Waals surface area contributed by atoms with Crippen LogP contribution in [0.25, 0.3) is 0 Å². The maximum Gasteiger partial charge on any atom is 0.0297 e. The zero-order valence-electron chi connectivity index (χ0n) is 13.2. The number of hydrogen-bond donors (Lipinski definition) is 1. The van der Waals surface area contributed by atoms with E-state index in [0.29, 0.717) is 12.1 Å². The Morgan fingerprint density at radius 1 is 0.650 bits per heavy atom. The Bertz CT molecular complexity index is 549. The van der Waals surface area contributed by atoms with E-state index in [0.717, 1.165) is 0 Å². The minimum atomic E-state index is 0.352. The van der Waals surface area contributed by atoms with Crippen molar-refractivity contribution in [1.29, 1.82) is 0 Å². The molecule has 106 valence electrons. The van der Waals surface area contributed by atoms with Crippen molar-refractivity contribution in [2.24, 2.45) is 0 Å². The molecule has 1 nitrogen and oxygen atoms in total. The monoisotopic (exact) mass is 267 g/mol. The summed E-state index contributed by atoms with van der Waals surface area (Å²) in [4.78, 5) is 0. The third-order valence-electron chi connectivity index (χ3n) is 3.82. The first-order chi connectivity index (χ1) is 9.45. The van der Waals surface area contributed by atoms with Gasteiger partial charge < -0.3 is 5.32 Å². The summed E-state index contributed by atoms with van der Waals surface area (Å²) in [6.45, 7) is 10.9. The molecule has 0 aromatic heterocycles. The van der Waals surface area contributed by atoms with E-state index in [1.807, 2.05) is 0 Å². The van der Waals surface area contributed by atoms with Crippen molar-refractivity contribution in [2.45, 2.75) is 46.7 Å². The lowest BCUT2D eigenvalue weighted by Gasteiger charge is -2.21. The molecular weight excluding hydrogens is 242 g/mol. The number of nitrogens with one attached hydrogen (secondary N) is 1. The first kappa shape index (κ1) is 14.8. The molecule has 0 bridgehead atoms. The van der Waals surface area contributed by atoms with Crippen LogP contribution in [0.15, 0.2) is 42.5 Å². The zero-order chi connectivity index (χ0) is 14.7. The molecule has 2 aromatic carbocycles. The summed E-state index contributed by atoms with van der Waals surface area (Å²) >= 11 is 0. The third-order valence-corrected chi connectivity index (χ3v) is 3.82. The van der Waals surface area contributed by atoms with E-state index in [1.165, 1.54) is 27.8 Å². The smallest absolute Gasteiger partial charge is 0.0297 e. The van der Waals surface area contributed by atoms with E-state index >= 15 is 0 Å². The molecule has 0 amide bonds. The molecule has 2 unspecified atom stereocenters. The molecule has 0 aliphatic rings. The van der Waals surface area contributed by atoms with Gasteiger partial charge in [-0.05, 0) is 45.7 Å². The minimum absolute atomic E-state index is 0.352. The molecule has 0 spiro atoms. The standard InChI is InChI=1S/C19H25N/c1-13-6-8-18(9-7-13)16(4)20-17(5)19-11-14(2)10-15(3)12-19/h6-12,16-17,20H,1-5H3. The summed E-state index contributed by atoms with van der Waals surface area (Å²) in [5, 5.41) is 3.69. The summed E-state index contributed by atoms with van der Waals surface area (Å²) in [6.07, 6.45) is 0. The van der Waals surface area contributed by atoms with Crippen molar-refractivity contribution < 1.29 is 0 Å². The number of rotatable bonds is 4. The molecule has 0 aliphatic heterocycles. The average molecular weight is 267 g/mol. The fourth-order valence-electron chi connectivity index (χ4n) is 2.68. The molecule has 0 saturated carbocycles. The topological polar surface area (TPSA) is 12.0 Å². The second kappa shape index (κ2) is 6.23. The van der Waals surface area contributed by atoms with Gasteiger partial charge in [0.25, 0.3) is 0 Å². The average Bonchev–Trinajstić information content (AvgIpc) is 2.38. The molecule has 20 heavy (non-hydrogen) atoms. The summed E-state index contributed by atoms with van der Waals surface area (Å²) < 4.78 is 0. The maximum absolute atomic E-state index is 3.69. The molecule has 1 heteroatoms. The molecule has 1 N–H and O–H groups in total. The summed E-state index contributed by atoms with van der Waals surface area (Å²) in [5.41, 5.74) is 6.67.